The third-order valence-corrected chi connectivity index (χ3v) is 5.26. The highest BCUT2D eigenvalue weighted by molar-refractivity contribution is 5.97. The number of para-hydroxylation sites is 1. The van der Waals surface area contributed by atoms with Gasteiger partial charge in [0.2, 0.25) is 5.91 Å². The number of fused-ring (bicyclic) bond motifs is 1. The quantitative estimate of drug-likeness (QED) is 0.877. The highest BCUT2D eigenvalue weighted by Gasteiger charge is 2.30. The Morgan fingerprint density at radius 3 is 2.96 bits per heavy atom. The van der Waals surface area contributed by atoms with Crippen molar-refractivity contribution in [3.05, 3.63) is 36.2 Å². The normalized spacial score (nSPS) is 24.6. The van der Waals surface area contributed by atoms with Crippen LogP contribution < -0.4 is 15.5 Å². The van der Waals surface area contributed by atoms with Gasteiger partial charge in [-0.15, -0.1) is 0 Å². The van der Waals surface area contributed by atoms with Gasteiger partial charge in [0.1, 0.15) is 0 Å². The van der Waals surface area contributed by atoms with Crippen LogP contribution >= 0.6 is 0 Å². The number of aromatic nitrogens is 2. The minimum Gasteiger partial charge on any atom is -0.367 e. The van der Waals surface area contributed by atoms with Crippen LogP contribution in [0.15, 0.2) is 30.5 Å². The fourth-order valence-corrected chi connectivity index (χ4v) is 4.04. The van der Waals surface area contributed by atoms with Gasteiger partial charge in [-0.1, -0.05) is 18.7 Å². The van der Waals surface area contributed by atoms with Gasteiger partial charge in [-0.3, -0.25) is 9.48 Å². The predicted molar refractivity (Wildman–Crippen MR) is 99.6 cm³/mol. The van der Waals surface area contributed by atoms with Crippen LogP contribution in [0.3, 0.4) is 0 Å². The number of piperazine rings is 1. The molecule has 2 fully saturated rings. The van der Waals surface area contributed by atoms with Gasteiger partial charge in [0.05, 0.1) is 22.8 Å². The topological polar surface area (TPSA) is 62.2 Å². The second kappa shape index (κ2) is 6.19. The standard InChI is InChI=1S/C19H25N5O/c1-12-7-8-15(19(25)21-12)17-14-5-4-6-16(18(14)23(3)22-17)24-10-9-20-13(2)11-24/h4-6,13,15,20H,1,7-11H2,2-3H3,(H,21,25). The Balaban J connectivity index is 1.77. The number of carbonyl (C=O) groups is 1. The molecule has 2 aliphatic rings. The number of rotatable bonds is 2. The largest absolute Gasteiger partial charge is 0.367 e. The third kappa shape index (κ3) is 2.80. The summed E-state index contributed by atoms with van der Waals surface area (Å²) in [7, 11) is 1.97. The van der Waals surface area contributed by atoms with Crippen molar-refractivity contribution in [2.75, 3.05) is 24.5 Å². The molecule has 0 radical (unpaired) electrons. The molecule has 2 atom stereocenters. The Bertz CT molecular complexity index is 840. The average Bonchev–Trinajstić information content (AvgIpc) is 2.92. The number of nitrogens with zero attached hydrogens (tertiary/aromatic N) is 3. The van der Waals surface area contributed by atoms with Crippen molar-refractivity contribution >= 4 is 22.5 Å². The number of allylic oxidation sites excluding steroid dienone is 1. The predicted octanol–water partition coefficient (Wildman–Crippen LogP) is 1.88. The summed E-state index contributed by atoms with van der Waals surface area (Å²) >= 11 is 0. The average molecular weight is 339 g/mol. The lowest BCUT2D eigenvalue weighted by Gasteiger charge is -2.34. The molecule has 3 heterocycles. The number of benzene rings is 1. The fraction of sp³-hybridized carbons (Fsp3) is 0.474. The smallest absolute Gasteiger partial charge is 0.233 e. The van der Waals surface area contributed by atoms with E-state index < -0.39 is 0 Å². The third-order valence-electron chi connectivity index (χ3n) is 5.26. The van der Waals surface area contributed by atoms with Gasteiger partial charge in [0, 0.05) is 43.8 Å². The molecule has 2 aromatic rings. The summed E-state index contributed by atoms with van der Waals surface area (Å²) in [6, 6.07) is 6.79. The van der Waals surface area contributed by atoms with E-state index in [0.29, 0.717) is 6.04 Å². The Morgan fingerprint density at radius 1 is 1.36 bits per heavy atom. The van der Waals surface area contributed by atoms with E-state index in [1.54, 1.807) is 0 Å². The molecule has 6 heteroatoms. The van der Waals surface area contributed by atoms with Gasteiger partial charge in [0.25, 0.3) is 0 Å². The van der Waals surface area contributed by atoms with Crippen molar-refractivity contribution in [1.82, 2.24) is 20.4 Å². The molecular formula is C19H25N5O. The number of anilines is 1. The summed E-state index contributed by atoms with van der Waals surface area (Å²) < 4.78 is 1.93. The van der Waals surface area contributed by atoms with Crippen LogP contribution in [0.5, 0.6) is 0 Å². The Kier molecular flexibility index (Phi) is 4.00. The maximum Gasteiger partial charge on any atom is 0.233 e. The van der Waals surface area contributed by atoms with Crippen molar-refractivity contribution in [2.24, 2.45) is 7.05 Å². The summed E-state index contributed by atoms with van der Waals surface area (Å²) in [6.45, 7) is 9.02. The first-order valence-corrected chi connectivity index (χ1v) is 8.97. The van der Waals surface area contributed by atoms with E-state index in [1.165, 1.54) is 5.69 Å². The van der Waals surface area contributed by atoms with E-state index in [9.17, 15) is 4.79 Å². The monoisotopic (exact) mass is 339 g/mol. The molecule has 0 bridgehead atoms. The molecular weight excluding hydrogens is 314 g/mol. The van der Waals surface area contributed by atoms with Gasteiger partial charge in [-0.2, -0.15) is 5.10 Å². The molecule has 6 nitrogen and oxygen atoms in total. The number of carbonyl (C=O) groups excluding carboxylic acids is 1. The highest BCUT2D eigenvalue weighted by Crippen LogP contribution is 2.35. The molecule has 1 amide bonds. The van der Waals surface area contributed by atoms with Crippen LogP contribution in [0.2, 0.25) is 0 Å². The van der Waals surface area contributed by atoms with Crippen molar-refractivity contribution in [1.29, 1.82) is 0 Å². The van der Waals surface area contributed by atoms with Gasteiger partial charge >= 0.3 is 0 Å². The van der Waals surface area contributed by atoms with Crippen LogP contribution in [0.25, 0.3) is 10.9 Å². The zero-order chi connectivity index (χ0) is 17.6. The van der Waals surface area contributed by atoms with Gasteiger partial charge in [-0.25, -0.2) is 0 Å². The first kappa shape index (κ1) is 16.1. The van der Waals surface area contributed by atoms with Crippen molar-refractivity contribution in [2.45, 2.75) is 31.7 Å². The number of amides is 1. The lowest BCUT2D eigenvalue weighted by molar-refractivity contribution is -0.122. The van der Waals surface area contributed by atoms with E-state index in [4.69, 9.17) is 5.10 Å². The van der Waals surface area contributed by atoms with Crippen LogP contribution in [-0.2, 0) is 11.8 Å². The zero-order valence-electron chi connectivity index (χ0n) is 14.9. The number of nitrogens with one attached hydrogen (secondary N) is 2. The first-order chi connectivity index (χ1) is 12.0. The van der Waals surface area contributed by atoms with E-state index in [0.717, 1.165) is 54.8 Å². The minimum absolute atomic E-state index is 0.0115. The van der Waals surface area contributed by atoms with Crippen LogP contribution in [0.4, 0.5) is 5.69 Å². The summed E-state index contributed by atoms with van der Waals surface area (Å²) in [5.74, 6) is -0.191. The number of hydrogen-bond donors (Lipinski definition) is 2. The summed E-state index contributed by atoms with van der Waals surface area (Å²) in [5.41, 5.74) is 4.00. The van der Waals surface area contributed by atoms with Crippen molar-refractivity contribution in [3.63, 3.8) is 0 Å². The van der Waals surface area contributed by atoms with E-state index in [-0.39, 0.29) is 11.8 Å². The van der Waals surface area contributed by atoms with Crippen LogP contribution in [-0.4, -0.2) is 41.4 Å². The van der Waals surface area contributed by atoms with Crippen molar-refractivity contribution in [3.8, 4) is 0 Å². The lowest BCUT2D eigenvalue weighted by atomic mass is 9.92. The molecule has 0 saturated carbocycles. The number of hydrogen-bond acceptors (Lipinski definition) is 4. The molecule has 1 aromatic carbocycles. The van der Waals surface area contributed by atoms with Gasteiger partial charge in [-0.05, 0) is 25.8 Å². The van der Waals surface area contributed by atoms with Crippen molar-refractivity contribution < 1.29 is 4.79 Å². The molecule has 132 valence electrons. The molecule has 2 aliphatic heterocycles. The van der Waals surface area contributed by atoms with E-state index >= 15 is 0 Å². The molecule has 2 N–H and O–H groups in total. The molecule has 2 saturated heterocycles. The molecule has 0 spiro atoms. The zero-order valence-corrected chi connectivity index (χ0v) is 14.9. The Hall–Kier alpha value is -2.34. The summed E-state index contributed by atoms with van der Waals surface area (Å²) in [4.78, 5) is 14.9. The Morgan fingerprint density at radius 2 is 2.20 bits per heavy atom. The highest BCUT2D eigenvalue weighted by atomic mass is 16.2. The maximum absolute atomic E-state index is 12.4. The molecule has 2 unspecified atom stereocenters. The van der Waals surface area contributed by atoms with E-state index in [1.807, 2.05) is 11.7 Å². The summed E-state index contributed by atoms with van der Waals surface area (Å²) in [5, 5.41) is 12.2. The Labute approximate surface area is 147 Å². The SMILES string of the molecule is C=C1CCC(c2nn(C)c3c(N4CCNC(C)C4)cccc23)C(=O)N1. The van der Waals surface area contributed by atoms with Gasteiger partial charge in [0.15, 0.2) is 0 Å². The second-order valence-corrected chi connectivity index (χ2v) is 7.17. The van der Waals surface area contributed by atoms with Gasteiger partial charge < -0.3 is 15.5 Å². The molecule has 25 heavy (non-hydrogen) atoms. The molecule has 0 aliphatic carbocycles. The molecule has 4 rings (SSSR count). The number of aryl methyl sites for hydroxylation is 1. The van der Waals surface area contributed by atoms with Crippen LogP contribution in [0, 0.1) is 0 Å². The minimum atomic E-state index is -0.202. The van der Waals surface area contributed by atoms with E-state index in [2.05, 4.69) is 47.2 Å². The molecule has 1 aromatic heterocycles. The maximum atomic E-state index is 12.4. The second-order valence-electron chi connectivity index (χ2n) is 7.17. The fourth-order valence-electron chi connectivity index (χ4n) is 4.04. The summed E-state index contributed by atoms with van der Waals surface area (Å²) in [6.07, 6.45) is 1.58. The number of piperidine rings is 1. The van der Waals surface area contributed by atoms with Crippen LogP contribution in [0.1, 0.15) is 31.4 Å². The lowest BCUT2D eigenvalue weighted by Crippen LogP contribution is -2.49. The first-order valence-electron chi connectivity index (χ1n) is 8.97.